The normalized spacial score (nSPS) is 19.2. The summed E-state index contributed by atoms with van der Waals surface area (Å²) in [5, 5.41) is 0.501. The van der Waals surface area contributed by atoms with Crippen molar-refractivity contribution in [1.29, 1.82) is 0 Å². The summed E-state index contributed by atoms with van der Waals surface area (Å²) < 4.78 is 68.1. The smallest absolute Gasteiger partial charge is 0.361 e. The number of hydrogen-bond acceptors (Lipinski definition) is 5. The second-order valence-electron chi connectivity index (χ2n) is 10.2. The van der Waals surface area contributed by atoms with Gasteiger partial charge in [0.1, 0.15) is 0 Å². The third-order valence-corrected chi connectivity index (χ3v) is 9.50. The Balaban J connectivity index is 1.64. The molecule has 0 N–H and O–H groups in total. The molecule has 1 aliphatic carbocycles. The van der Waals surface area contributed by atoms with E-state index in [9.17, 15) is 21.6 Å². The molecule has 0 unspecified atom stereocenters. The van der Waals surface area contributed by atoms with Crippen LogP contribution in [0.15, 0.2) is 60.9 Å². The van der Waals surface area contributed by atoms with Crippen LogP contribution in [-0.2, 0) is 23.1 Å². The van der Waals surface area contributed by atoms with E-state index in [-0.39, 0.29) is 13.1 Å². The molecule has 2 aromatic heterocycles. The molecule has 1 atom stereocenters. The number of hydrogen-bond donors (Lipinski definition) is 0. The van der Waals surface area contributed by atoms with Crippen molar-refractivity contribution in [2.24, 2.45) is 5.92 Å². The molecule has 6 nitrogen and oxygen atoms in total. The molecule has 1 aliphatic heterocycles. The Morgan fingerprint density at radius 1 is 0.974 bits per heavy atom. The van der Waals surface area contributed by atoms with Crippen molar-refractivity contribution in [3.8, 4) is 11.3 Å². The number of aromatic nitrogens is 2. The summed E-state index contributed by atoms with van der Waals surface area (Å²) in [7, 11) is -5.59. The molecule has 0 amide bonds. The first kappa shape index (κ1) is 27.9. The summed E-state index contributed by atoms with van der Waals surface area (Å²) in [4.78, 5) is 10.9. The first-order valence-electron chi connectivity index (χ1n) is 13.1. The van der Waals surface area contributed by atoms with Crippen molar-refractivity contribution in [3.05, 3.63) is 77.2 Å². The van der Waals surface area contributed by atoms with Crippen LogP contribution in [0.1, 0.15) is 49.8 Å². The topological polar surface area (TPSA) is 66.4 Å². The highest BCUT2D eigenvalue weighted by atomic mass is 35.5. The Kier molecular flexibility index (Phi) is 8.16. The molecule has 0 bridgehead atoms. The largest absolute Gasteiger partial charge is 0.511 e. The van der Waals surface area contributed by atoms with E-state index in [0.29, 0.717) is 49.9 Å². The first-order valence-corrected chi connectivity index (χ1v) is 14.9. The van der Waals surface area contributed by atoms with E-state index in [4.69, 9.17) is 11.6 Å². The molecule has 0 radical (unpaired) electrons. The molecule has 39 heavy (non-hydrogen) atoms. The fourth-order valence-corrected chi connectivity index (χ4v) is 6.91. The summed E-state index contributed by atoms with van der Waals surface area (Å²) in [5.74, 6) is 0.492. The quantitative estimate of drug-likeness (QED) is 0.308. The Hall–Kier alpha value is -2.69. The lowest BCUT2D eigenvalue weighted by molar-refractivity contribution is -0.0492. The van der Waals surface area contributed by atoms with Gasteiger partial charge < -0.3 is 4.90 Å². The van der Waals surface area contributed by atoms with Gasteiger partial charge in [0, 0.05) is 53.4 Å². The Bertz CT molecular complexity index is 1400. The predicted molar refractivity (Wildman–Crippen MR) is 145 cm³/mol. The average molecular weight is 579 g/mol. The van der Waals surface area contributed by atoms with Gasteiger partial charge in [0.15, 0.2) is 0 Å². The number of alkyl halides is 3. The van der Waals surface area contributed by atoms with Gasteiger partial charge in [-0.05, 0) is 49.1 Å². The highest BCUT2D eigenvalue weighted by Crippen LogP contribution is 2.40. The van der Waals surface area contributed by atoms with Crippen LogP contribution in [0.5, 0.6) is 0 Å². The average Bonchev–Trinajstić information content (AvgIpc) is 3.37. The van der Waals surface area contributed by atoms with Crippen LogP contribution < -0.4 is 4.90 Å². The number of halogens is 4. The monoisotopic (exact) mass is 578 g/mol. The van der Waals surface area contributed by atoms with E-state index in [1.165, 1.54) is 0 Å². The van der Waals surface area contributed by atoms with Crippen molar-refractivity contribution in [2.75, 3.05) is 11.4 Å². The highest BCUT2D eigenvalue weighted by molar-refractivity contribution is 7.89. The number of pyridine rings is 2. The van der Waals surface area contributed by atoms with Gasteiger partial charge in [0.2, 0.25) is 0 Å². The van der Waals surface area contributed by atoms with Crippen molar-refractivity contribution in [1.82, 2.24) is 14.3 Å². The first-order chi connectivity index (χ1) is 18.6. The van der Waals surface area contributed by atoms with Gasteiger partial charge >= 0.3 is 15.5 Å². The summed E-state index contributed by atoms with van der Waals surface area (Å²) in [6.45, 7) is -0.427. The molecule has 0 saturated heterocycles. The van der Waals surface area contributed by atoms with E-state index in [1.807, 2.05) is 17.0 Å². The third-order valence-electron chi connectivity index (χ3n) is 7.72. The third kappa shape index (κ3) is 6.07. The van der Waals surface area contributed by atoms with E-state index in [1.54, 1.807) is 48.8 Å². The molecular weight excluding hydrogens is 549 g/mol. The number of anilines is 1. The fourth-order valence-electron chi connectivity index (χ4n) is 5.77. The Morgan fingerprint density at radius 3 is 2.46 bits per heavy atom. The SMILES string of the molecule is O=S(=O)(N1Cc2c(-c3ccccn3)cccc2N(Cc2cc(Cl)ccn2)[C@@H](CCC2CCCC2)C1)C(F)(F)F. The molecule has 0 spiro atoms. The lowest BCUT2D eigenvalue weighted by atomic mass is 9.96. The molecule has 2 aliphatic rings. The van der Waals surface area contributed by atoms with Crippen LogP contribution in [0.4, 0.5) is 18.9 Å². The van der Waals surface area contributed by atoms with E-state index >= 15 is 0 Å². The van der Waals surface area contributed by atoms with Gasteiger partial charge in [-0.15, -0.1) is 0 Å². The van der Waals surface area contributed by atoms with Crippen LogP contribution in [0.3, 0.4) is 0 Å². The zero-order valence-corrected chi connectivity index (χ0v) is 22.9. The van der Waals surface area contributed by atoms with E-state index in [2.05, 4.69) is 9.97 Å². The van der Waals surface area contributed by atoms with Crippen LogP contribution in [0.2, 0.25) is 5.02 Å². The van der Waals surface area contributed by atoms with E-state index in [0.717, 1.165) is 32.1 Å². The maximum absolute atomic E-state index is 13.9. The number of rotatable bonds is 7. The molecule has 1 aromatic carbocycles. The molecule has 3 heterocycles. The Labute approximate surface area is 231 Å². The minimum atomic E-state index is -5.59. The maximum Gasteiger partial charge on any atom is 0.511 e. The van der Waals surface area contributed by atoms with Gasteiger partial charge in [-0.3, -0.25) is 9.97 Å². The van der Waals surface area contributed by atoms with Crippen LogP contribution in [0, 0.1) is 5.92 Å². The molecular formula is C28H30ClF3N4O2S. The highest BCUT2D eigenvalue weighted by Gasteiger charge is 2.51. The summed E-state index contributed by atoms with van der Waals surface area (Å²) in [5.41, 5.74) is -2.45. The second kappa shape index (κ2) is 11.4. The number of benzene rings is 1. The fraction of sp³-hybridized carbons (Fsp3) is 0.429. The van der Waals surface area contributed by atoms with Gasteiger partial charge in [0.25, 0.3) is 0 Å². The number of fused-ring (bicyclic) bond motifs is 1. The van der Waals surface area contributed by atoms with Gasteiger partial charge in [-0.2, -0.15) is 17.5 Å². The molecule has 1 saturated carbocycles. The number of nitrogens with zero attached hydrogens (tertiary/aromatic N) is 4. The van der Waals surface area contributed by atoms with Crippen LogP contribution >= 0.6 is 11.6 Å². The van der Waals surface area contributed by atoms with Crippen LogP contribution in [0.25, 0.3) is 11.3 Å². The maximum atomic E-state index is 13.9. The lowest BCUT2D eigenvalue weighted by Gasteiger charge is -2.35. The van der Waals surface area contributed by atoms with Crippen molar-refractivity contribution >= 4 is 27.3 Å². The molecule has 11 heteroatoms. The van der Waals surface area contributed by atoms with Crippen molar-refractivity contribution in [3.63, 3.8) is 0 Å². The van der Waals surface area contributed by atoms with Gasteiger partial charge in [-0.25, -0.2) is 8.42 Å². The van der Waals surface area contributed by atoms with Crippen molar-refractivity contribution in [2.45, 2.75) is 63.2 Å². The zero-order chi connectivity index (χ0) is 27.6. The minimum absolute atomic E-state index is 0.272. The molecule has 208 valence electrons. The number of sulfonamides is 1. The standard InChI is InChI=1S/C28H30ClF3N4O2S/c29-21-13-15-33-22(16-21)17-36-23(12-11-20-6-1-2-7-20)18-35(39(37,38)28(30,31)32)19-25-24(8-5-10-27(25)36)26-9-3-4-14-34-26/h3-5,8-10,13-16,20,23H,1-2,6-7,11-12,17-19H2/t23-/m0/s1. The molecule has 5 rings (SSSR count). The lowest BCUT2D eigenvalue weighted by Crippen LogP contribution is -2.47. The van der Waals surface area contributed by atoms with Gasteiger partial charge in [0.05, 0.1) is 17.9 Å². The summed E-state index contributed by atoms with van der Waals surface area (Å²) in [6.07, 6.45) is 9.05. The Morgan fingerprint density at radius 2 is 1.77 bits per heavy atom. The molecule has 3 aromatic rings. The zero-order valence-electron chi connectivity index (χ0n) is 21.3. The predicted octanol–water partition coefficient (Wildman–Crippen LogP) is 6.81. The molecule has 1 fully saturated rings. The van der Waals surface area contributed by atoms with Crippen molar-refractivity contribution < 1.29 is 21.6 Å². The second-order valence-corrected chi connectivity index (χ2v) is 12.6. The van der Waals surface area contributed by atoms with Gasteiger partial charge in [-0.1, -0.05) is 55.5 Å². The minimum Gasteiger partial charge on any atom is -0.361 e. The van der Waals surface area contributed by atoms with E-state index < -0.39 is 28.1 Å². The van der Waals surface area contributed by atoms with Crippen LogP contribution in [-0.4, -0.2) is 40.8 Å². The summed E-state index contributed by atoms with van der Waals surface area (Å²) >= 11 is 6.24. The summed E-state index contributed by atoms with van der Waals surface area (Å²) in [6, 6.07) is 13.7.